The molecule has 0 aliphatic carbocycles. The molecular weight excluding hydrogens is 302 g/mol. The lowest BCUT2D eigenvalue weighted by atomic mass is 10.1. The molecule has 5 nitrogen and oxygen atoms in total. The molecule has 1 rings (SSSR count). The van der Waals surface area contributed by atoms with Gasteiger partial charge in [-0.1, -0.05) is 30.3 Å². The van der Waals surface area contributed by atoms with Crippen molar-refractivity contribution < 1.29 is 17.9 Å². The molecule has 1 aromatic carbocycles. The van der Waals surface area contributed by atoms with Gasteiger partial charge in [-0.05, 0) is 32.8 Å². The van der Waals surface area contributed by atoms with E-state index in [4.69, 9.17) is 4.74 Å². The minimum absolute atomic E-state index is 0.00165. The first-order chi connectivity index (χ1) is 10.3. The van der Waals surface area contributed by atoms with Gasteiger partial charge in [0.15, 0.2) is 9.84 Å². The maximum atomic E-state index is 11.6. The smallest absolute Gasteiger partial charge is 0.235 e. The largest absolute Gasteiger partial charge is 0.374 e. The summed E-state index contributed by atoms with van der Waals surface area (Å²) >= 11 is 0. The van der Waals surface area contributed by atoms with Gasteiger partial charge in [0, 0.05) is 13.2 Å². The Morgan fingerprint density at radius 1 is 1.18 bits per heavy atom. The third-order valence-electron chi connectivity index (χ3n) is 3.33. The lowest BCUT2D eigenvalue weighted by Gasteiger charge is -2.13. The Labute approximate surface area is 133 Å². The van der Waals surface area contributed by atoms with E-state index in [9.17, 15) is 13.2 Å². The number of carbonyl (C=O) groups is 1. The Morgan fingerprint density at radius 2 is 1.82 bits per heavy atom. The SMILES string of the molecule is CC(OCCCNC(=O)CS(=O)(=O)C(C)C)c1ccccc1. The molecule has 0 aromatic heterocycles. The number of carbonyl (C=O) groups excluding carboxylic acids is 1. The number of ether oxygens (including phenoxy) is 1. The van der Waals surface area contributed by atoms with Gasteiger partial charge in [0.2, 0.25) is 5.91 Å². The minimum atomic E-state index is -3.33. The van der Waals surface area contributed by atoms with E-state index in [0.717, 1.165) is 5.56 Å². The molecule has 1 unspecified atom stereocenters. The van der Waals surface area contributed by atoms with Gasteiger partial charge in [-0.2, -0.15) is 0 Å². The van der Waals surface area contributed by atoms with Crippen LogP contribution in [0.15, 0.2) is 30.3 Å². The fourth-order valence-electron chi connectivity index (χ4n) is 1.78. The van der Waals surface area contributed by atoms with Gasteiger partial charge in [0.1, 0.15) is 5.75 Å². The second-order valence-electron chi connectivity index (χ2n) is 5.48. The average Bonchev–Trinajstić information content (AvgIpc) is 2.47. The van der Waals surface area contributed by atoms with Crippen molar-refractivity contribution in [2.45, 2.75) is 38.5 Å². The van der Waals surface area contributed by atoms with Gasteiger partial charge in [0.25, 0.3) is 0 Å². The molecule has 0 saturated carbocycles. The van der Waals surface area contributed by atoms with Crippen LogP contribution in [0.25, 0.3) is 0 Å². The van der Waals surface area contributed by atoms with Crippen molar-refractivity contribution in [2.75, 3.05) is 18.9 Å². The van der Waals surface area contributed by atoms with Crippen LogP contribution in [0, 0.1) is 0 Å². The van der Waals surface area contributed by atoms with E-state index in [0.29, 0.717) is 19.6 Å². The molecule has 0 aliphatic rings. The molecule has 0 bridgehead atoms. The highest BCUT2D eigenvalue weighted by Crippen LogP contribution is 2.15. The number of rotatable bonds is 9. The molecule has 0 saturated heterocycles. The first-order valence-corrected chi connectivity index (χ1v) is 9.19. The Balaban J connectivity index is 2.19. The van der Waals surface area contributed by atoms with E-state index >= 15 is 0 Å². The van der Waals surface area contributed by atoms with Gasteiger partial charge < -0.3 is 10.1 Å². The van der Waals surface area contributed by atoms with Crippen LogP contribution in [0.2, 0.25) is 0 Å². The number of nitrogens with one attached hydrogen (secondary N) is 1. The van der Waals surface area contributed by atoms with E-state index in [1.165, 1.54) is 0 Å². The zero-order valence-electron chi connectivity index (χ0n) is 13.4. The Kier molecular flexibility index (Phi) is 7.55. The van der Waals surface area contributed by atoms with Gasteiger partial charge in [0.05, 0.1) is 11.4 Å². The van der Waals surface area contributed by atoms with Gasteiger partial charge in [-0.25, -0.2) is 8.42 Å². The van der Waals surface area contributed by atoms with E-state index in [-0.39, 0.29) is 6.10 Å². The summed E-state index contributed by atoms with van der Waals surface area (Å²) in [5.41, 5.74) is 1.11. The predicted molar refractivity (Wildman–Crippen MR) is 87.4 cm³/mol. The molecule has 6 heteroatoms. The molecule has 124 valence electrons. The summed E-state index contributed by atoms with van der Waals surface area (Å²) in [6.07, 6.45) is 0.642. The molecule has 22 heavy (non-hydrogen) atoms. The topological polar surface area (TPSA) is 72.5 Å². The molecule has 0 fully saturated rings. The summed E-state index contributed by atoms with van der Waals surface area (Å²) in [6, 6.07) is 9.89. The van der Waals surface area contributed by atoms with Crippen LogP contribution in [-0.4, -0.2) is 38.5 Å². The Hall–Kier alpha value is -1.40. The quantitative estimate of drug-likeness (QED) is 0.705. The number of benzene rings is 1. The van der Waals surface area contributed by atoms with Gasteiger partial charge in [-0.3, -0.25) is 4.79 Å². The normalized spacial score (nSPS) is 13.1. The van der Waals surface area contributed by atoms with Crippen molar-refractivity contribution in [3.63, 3.8) is 0 Å². The standard InChI is InChI=1S/C16H25NO4S/c1-13(2)22(19,20)12-16(18)17-10-7-11-21-14(3)15-8-5-4-6-9-15/h4-6,8-9,13-14H,7,10-12H2,1-3H3,(H,17,18). The summed E-state index contributed by atoms with van der Waals surface area (Å²) in [6.45, 7) is 6.03. The van der Waals surface area contributed by atoms with Crippen molar-refractivity contribution in [2.24, 2.45) is 0 Å². The lowest BCUT2D eigenvalue weighted by Crippen LogP contribution is -2.34. The maximum Gasteiger partial charge on any atom is 0.235 e. The van der Waals surface area contributed by atoms with Crippen molar-refractivity contribution in [3.8, 4) is 0 Å². The van der Waals surface area contributed by atoms with Crippen molar-refractivity contribution in [1.82, 2.24) is 5.32 Å². The van der Waals surface area contributed by atoms with Gasteiger partial charge in [-0.15, -0.1) is 0 Å². The molecular formula is C16H25NO4S. The zero-order valence-corrected chi connectivity index (χ0v) is 14.2. The lowest BCUT2D eigenvalue weighted by molar-refractivity contribution is -0.118. The number of sulfone groups is 1. The van der Waals surface area contributed by atoms with Crippen molar-refractivity contribution in [3.05, 3.63) is 35.9 Å². The molecule has 1 N–H and O–H groups in total. The molecule has 0 aliphatic heterocycles. The molecule has 0 radical (unpaired) electrons. The predicted octanol–water partition coefficient (Wildman–Crippen LogP) is 2.09. The highest BCUT2D eigenvalue weighted by Gasteiger charge is 2.20. The van der Waals surface area contributed by atoms with Crippen LogP contribution in [0.3, 0.4) is 0 Å². The maximum absolute atomic E-state index is 11.6. The van der Waals surface area contributed by atoms with E-state index in [2.05, 4.69) is 5.32 Å². The van der Waals surface area contributed by atoms with Crippen LogP contribution in [0.1, 0.15) is 38.9 Å². The second-order valence-corrected chi connectivity index (χ2v) is 8.04. The molecule has 1 atom stereocenters. The summed E-state index contributed by atoms with van der Waals surface area (Å²) < 4.78 is 28.9. The first kappa shape index (κ1) is 18.6. The fourth-order valence-corrected chi connectivity index (χ4v) is 2.58. The third-order valence-corrected chi connectivity index (χ3v) is 5.43. The highest BCUT2D eigenvalue weighted by molar-refractivity contribution is 7.92. The zero-order chi connectivity index (χ0) is 16.6. The van der Waals surface area contributed by atoms with E-state index in [1.54, 1.807) is 13.8 Å². The van der Waals surface area contributed by atoms with Crippen molar-refractivity contribution >= 4 is 15.7 Å². The Bertz CT molecular complexity index is 555. The molecule has 1 aromatic rings. The van der Waals surface area contributed by atoms with Crippen molar-refractivity contribution in [1.29, 1.82) is 0 Å². The third kappa shape index (κ3) is 6.58. The molecule has 0 heterocycles. The summed E-state index contributed by atoms with van der Waals surface area (Å²) in [5, 5.41) is 2.08. The fraction of sp³-hybridized carbons (Fsp3) is 0.562. The van der Waals surface area contributed by atoms with Crippen LogP contribution < -0.4 is 5.32 Å². The summed E-state index contributed by atoms with van der Waals surface area (Å²) in [4.78, 5) is 11.6. The number of amides is 1. The van der Waals surface area contributed by atoms with Crippen LogP contribution >= 0.6 is 0 Å². The number of hydrogen-bond acceptors (Lipinski definition) is 4. The second kappa shape index (κ2) is 8.90. The highest BCUT2D eigenvalue weighted by atomic mass is 32.2. The van der Waals surface area contributed by atoms with Gasteiger partial charge >= 0.3 is 0 Å². The molecule has 1 amide bonds. The monoisotopic (exact) mass is 327 g/mol. The summed E-state index contributed by atoms with van der Waals surface area (Å²) in [7, 11) is -3.33. The minimum Gasteiger partial charge on any atom is -0.374 e. The average molecular weight is 327 g/mol. The van der Waals surface area contributed by atoms with Crippen LogP contribution in [0.4, 0.5) is 0 Å². The number of hydrogen-bond donors (Lipinski definition) is 1. The Morgan fingerprint density at radius 3 is 2.41 bits per heavy atom. The van der Waals surface area contributed by atoms with E-state index in [1.807, 2.05) is 37.3 Å². The molecule has 0 spiro atoms. The van der Waals surface area contributed by atoms with E-state index < -0.39 is 26.7 Å². The van der Waals surface area contributed by atoms with Crippen LogP contribution in [-0.2, 0) is 19.4 Å². The first-order valence-electron chi connectivity index (χ1n) is 7.47. The summed E-state index contributed by atoms with van der Waals surface area (Å²) in [5.74, 6) is -0.906. The van der Waals surface area contributed by atoms with Crippen LogP contribution in [0.5, 0.6) is 0 Å².